The highest BCUT2D eigenvalue weighted by molar-refractivity contribution is 5.95. The van der Waals surface area contributed by atoms with Crippen LogP contribution in [0.4, 0.5) is 16.2 Å². The third-order valence-corrected chi connectivity index (χ3v) is 5.61. The number of nitrogens with zero attached hydrogens (tertiary/aromatic N) is 3. The van der Waals surface area contributed by atoms with E-state index in [4.69, 9.17) is 10.1 Å². The van der Waals surface area contributed by atoms with Gasteiger partial charge in [-0.1, -0.05) is 0 Å². The van der Waals surface area contributed by atoms with Gasteiger partial charge in [0.15, 0.2) is 0 Å². The summed E-state index contributed by atoms with van der Waals surface area (Å²) in [6, 6.07) is 8.73. The minimum Gasteiger partial charge on any atom is -0.491 e. The number of carbonyl (C=O) groups is 2. The molecular weight excluding hydrogens is 382 g/mol. The first-order valence-electron chi connectivity index (χ1n) is 10.4. The molecule has 0 spiro atoms. The second kappa shape index (κ2) is 8.61. The maximum atomic E-state index is 12.9. The highest BCUT2D eigenvalue weighted by atomic mass is 16.5. The van der Waals surface area contributed by atoms with Crippen molar-refractivity contribution in [2.24, 2.45) is 0 Å². The van der Waals surface area contributed by atoms with Gasteiger partial charge in [0.1, 0.15) is 11.2 Å². The number of anilines is 2. The Labute approximate surface area is 175 Å². The normalized spacial score (nSPS) is 16.3. The van der Waals surface area contributed by atoms with Crippen molar-refractivity contribution < 1.29 is 14.3 Å². The van der Waals surface area contributed by atoms with E-state index in [2.05, 4.69) is 10.2 Å². The lowest BCUT2D eigenvalue weighted by atomic mass is 10.1. The van der Waals surface area contributed by atoms with E-state index in [-0.39, 0.29) is 17.4 Å². The van der Waals surface area contributed by atoms with Gasteiger partial charge in [0.2, 0.25) is 0 Å². The Bertz CT molecular complexity index is 1010. The zero-order valence-electron chi connectivity index (χ0n) is 17.2. The van der Waals surface area contributed by atoms with Crippen LogP contribution in [0.15, 0.2) is 36.5 Å². The van der Waals surface area contributed by atoms with E-state index in [1.165, 1.54) is 18.0 Å². The molecule has 1 fully saturated rings. The van der Waals surface area contributed by atoms with E-state index in [1.807, 2.05) is 29.2 Å². The van der Waals surface area contributed by atoms with Gasteiger partial charge in [0, 0.05) is 50.2 Å². The van der Waals surface area contributed by atoms with Gasteiger partial charge in [0.05, 0.1) is 12.3 Å². The molecular formula is C22H27N5O3. The van der Waals surface area contributed by atoms with Gasteiger partial charge in [-0.2, -0.15) is 0 Å². The van der Waals surface area contributed by atoms with Gasteiger partial charge in [-0.25, -0.2) is 4.79 Å². The lowest BCUT2D eigenvalue weighted by Gasteiger charge is -2.28. The van der Waals surface area contributed by atoms with Gasteiger partial charge < -0.3 is 19.9 Å². The average molecular weight is 409 g/mol. The van der Waals surface area contributed by atoms with Crippen LogP contribution >= 0.6 is 0 Å². The van der Waals surface area contributed by atoms with Crippen molar-refractivity contribution in [2.75, 3.05) is 38.2 Å². The topological polar surface area (TPSA) is 90.7 Å². The number of piperidine rings is 1. The summed E-state index contributed by atoms with van der Waals surface area (Å²) in [4.78, 5) is 28.7. The number of nitrogens with one attached hydrogen (secondary N) is 2. The molecule has 0 bridgehead atoms. The number of hydrogen-bond acceptors (Lipinski definition) is 5. The van der Waals surface area contributed by atoms with Gasteiger partial charge >= 0.3 is 6.03 Å². The second-order valence-corrected chi connectivity index (χ2v) is 7.58. The second-order valence-electron chi connectivity index (χ2n) is 7.58. The molecule has 4 rings (SSSR count). The van der Waals surface area contributed by atoms with Crippen molar-refractivity contribution in [1.29, 1.82) is 5.41 Å². The number of benzene rings is 1. The smallest absolute Gasteiger partial charge is 0.326 e. The van der Waals surface area contributed by atoms with Crippen LogP contribution in [0, 0.1) is 5.41 Å². The van der Waals surface area contributed by atoms with Crippen LogP contribution in [0.5, 0.6) is 5.75 Å². The van der Waals surface area contributed by atoms with Crippen LogP contribution in [0.25, 0.3) is 0 Å². The van der Waals surface area contributed by atoms with E-state index in [0.717, 1.165) is 50.3 Å². The number of pyridine rings is 1. The lowest BCUT2D eigenvalue weighted by molar-refractivity contribution is 0.0724. The minimum absolute atomic E-state index is 0.0525. The van der Waals surface area contributed by atoms with Gasteiger partial charge in [0.25, 0.3) is 5.91 Å². The zero-order chi connectivity index (χ0) is 21.1. The van der Waals surface area contributed by atoms with Gasteiger partial charge in [-0.15, -0.1) is 0 Å². The van der Waals surface area contributed by atoms with Crippen LogP contribution in [0.1, 0.15) is 36.0 Å². The largest absolute Gasteiger partial charge is 0.491 e. The first-order chi connectivity index (χ1) is 14.6. The van der Waals surface area contributed by atoms with Crippen molar-refractivity contribution in [1.82, 2.24) is 14.8 Å². The molecule has 2 amide bonds. The van der Waals surface area contributed by atoms with Gasteiger partial charge in [-0.05, 0) is 49.9 Å². The van der Waals surface area contributed by atoms with Crippen LogP contribution < -0.4 is 20.4 Å². The van der Waals surface area contributed by atoms with E-state index in [1.54, 1.807) is 12.3 Å². The van der Waals surface area contributed by atoms with Crippen molar-refractivity contribution in [2.45, 2.75) is 25.7 Å². The number of ether oxygens (including phenoxy) is 1. The van der Waals surface area contributed by atoms with Crippen molar-refractivity contribution in [3.05, 3.63) is 47.6 Å². The average Bonchev–Trinajstić information content (AvgIpc) is 3.00. The maximum absolute atomic E-state index is 12.9. The first-order valence-corrected chi connectivity index (χ1v) is 10.4. The minimum atomic E-state index is -0.355. The fourth-order valence-corrected chi connectivity index (χ4v) is 4.01. The van der Waals surface area contributed by atoms with Crippen LogP contribution in [-0.4, -0.2) is 54.7 Å². The van der Waals surface area contributed by atoms with Crippen molar-refractivity contribution >= 4 is 23.3 Å². The predicted molar refractivity (Wildman–Crippen MR) is 113 cm³/mol. The molecule has 0 radical (unpaired) electrons. The van der Waals surface area contributed by atoms with E-state index < -0.39 is 0 Å². The molecule has 2 N–H and O–H groups in total. The number of rotatable bonds is 2. The summed E-state index contributed by atoms with van der Waals surface area (Å²) in [7, 11) is 1.54. The number of fused-ring (bicyclic) bond motifs is 1. The molecule has 0 aliphatic carbocycles. The molecule has 8 heteroatoms. The van der Waals surface area contributed by atoms with E-state index >= 15 is 0 Å². The molecule has 1 aromatic heterocycles. The Hall–Kier alpha value is -3.29. The highest BCUT2D eigenvalue weighted by Gasteiger charge is 2.23. The fourth-order valence-electron chi connectivity index (χ4n) is 4.01. The molecule has 0 saturated carbocycles. The number of aromatic nitrogens is 1. The summed E-state index contributed by atoms with van der Waals surface area (Å²) in [5, 5.41) is 10.7. The summed E-state index contributed by atoms with van der Waals surface area (Å²) in [5.74, 6) is 0.724. The summed E-state index contributed by atoms with van der Waals surface area (Å²) in [6.45, 7) is 2.90. The van der Waals surface area contributed by atoms with E-state index in [0.29, 0.717) is 17.9 Å². The SMILES string of the molecule is CNC(=O)n1ccc(N2CCCOc3cc(C(=O)N4CCCCC4)ccc32)cc1=N. The first kappa shape index (κ1) is 20.0. The van der Waals surface area contributed by atoms with Crippen molar-refractivity contribution in [3.8, 4) is 5.75 Å². The van der Waals surface area contributed by atoms with Crippen molar-refractivity contribution in [3.63, 3.8) is 0 Å². The molecule has 2 aliphatic heterocycles. The lowest BCUT2D eigenvalue weighted by Crippen LogP contribution is -2.35. The summed E-state index contributed by atoms with van der Waals surface area (Å²) < 4.78 is 7.21. The third kappa shape index (κ3) is 3.90. The highest BCUT2D eigenvalue weighted by Crippen LogP contribution is 2.36. The maximum Gasteiger partial charge on any atom is 0.326 e. The Morgan fingerprint density at radius 3 is 2.57 bits per heavy atom. The van der Waals surface area contributed by atoms with Crippen LogP contribution in [-0.2, 0) is 0 Å². The molecule has 0 unspecified atom stereocenters. The number of likely N-dealkylation sites (tertiary alicyclic amines) is 1. The quantitative estimate of drug-likeness (QED) is 0.798. The Morgan fingerprint density at radius 2 is 1.83 bits per heavy atom. The molecule has 1 saturated heterocycles. The molecule has 2 aliphatic rings. The molecule has 3 heterocycles. The summed E-state index contributed by atoms with van der Waals surface area (Å²) in [6.07, 6.45) is 5.69. The predicted octanol–water partition coefficient (Wildman–Crippen LogP) is 2.70. The van der Waals surface area contributed by atoms with Gasteiger partial charge in [-0.3, -0.25) is 14.8 Å². The number of hydrogen-bond donors (Lipinski definition) is 2. The molecule has 8 nitrogen and oxygen atoms in total. The third-order valence-electron chi connectivity index (χ3n) is 5.61. The number of carbonyl (C=O) groups excluding carboxylic acids is 2. The number of amides is 2. The van der Waals surface area contributed by atoms with Crippen LogP contribution in [0.3, 0.4) is 0 Å². The Balaban J connectivity index is 1.65. The zero-order valence-corrected chi connectivity index (χ0v) is 17.2. The standard InChI is InChI=1S/C22H27N5O3/c1-24-22(29)27-12-8-17(15-20(27)23)26-11-5-13-30-19-14-16(6-7-18(19)26)21(28)25-9-3-2-4-10-25/h6-8,12,14-15,23H,2-5,9-11,13H2,1H3,(H,24,29). The Kier molecular flexibility index (Phi) is 5.74. The summed E-state index contributed by atoms with van der Waals surface area (Å²) in [5.41, 5.74) is 2.40. The molecule has 1 aromatic carbocycles. The molecule has 0 atom stereocenters. The van der Waals surface area contributed by atoms with Crippen LogP contribution in [0.2, 0.25) is 0 Å². The Morgan fingerprint density at radius 1 is 1.03 bits per heavy atom. The van der Waals surface area contributed by atoms with E-state index in [9.17, 15) is 9.59 Å². The molecule has 2 aromatic rings. The summed E-state index contributed by atoms with van der Waals surface area (Å²) >= 11 is 0. The molecule has 30 heavy (non-hydrogen) atoms. The monoisotopic (exact) mass is 409 g/mol. The fraction of sp³-hybridized carbons (Fsp3) is 0.409. The molecule has 158 valence electrons.